The van der Waals surface area contributed by atoms with Gasteiger partial charge in [0.15, 0.2) is 0 Å². The second-order valence-corrected chi connectivity index (χ2v) is 8.58. The van der Waals surface area contributed by atoms with Crippen LogP contribution in [0.1, 0.15) is 38.8 Å². The summed E-state index contributed by atoms with van der Waals surface area (Å²) in [7, 11) is 4.35. The Morgan fingerprint density at radius 1 is 1.06 bits per heavy atom. The number of fused-ring (bicyclic) bond motifs is 1. The van der Waals surface area contributed by atoms with Crippen molar-refractivity contribution in [1.82, 2.24) is 0 Å². The fourth-order valence-electron chi connectivity index (χ4n) is 3.65. The summed E-state index contributed by atoms with van der Waals surface area (Å²) < 4.78 is 17.0. The number of phenols is 3. The summed E-state index contributed by atoms with van der Waals surface area (Å²) in [6, 6.07) is 4.00. The number of rotatable bonds is 7. The summed E-state index contributed by atoms with van der Waals surface area (Å²) in [5.74, 6) is -0.000518. The molecule has 0 saturated heterocycles. The predicted octanol–water partition coefficient (Wildman–Crippen LogP) is 5.35. The third kappa shape index (κ3) is 5.83. The number of benzene rings is 2. The van der Waals surface area contributed by atoms with Crippen LogP contribution in [0.3, 0.4) is 0 Å². The summed E-state index contributed by atoms with van der Waals surface area (Å²) in [4.78, 5) is 13.7. The maximum atomic E-state index is 13.7. The van der Waals surface area contributed by atoms with E-state index in [2.05, 4.69) is 5.73 Å². The molecule has 8 nitrogen and oxygen atoms in total. The maximum Gasteiger partial charge on any atom is 0.200 e. The number of aromatic hydroxyl groups is 3. The third-order valence-electron chi connectivity index (χ3n) is 5.35. The minimum absolute atomic E-state index is 0.0161. The van der Waals surface area contributed by atoms with Crippen LogP contribution in [0.25, 0.3) is 28.4 Å². The number of methoxy groups -OCH3 is 2. The zero-order valence-corrected chi connectivity index (χ0v) is 21.8. The van der Waals surface area contributed by atoms with Crippen LogP contribution in [0.15, 0.2) is 45.1 Å². The molecule has 1 aromatic heterocycles. The predicted molar refractivity (Wildman–Crippen MR) is 143 cm³/mol. The van der Waals surface area contributed by atoms with Gasteiger partial charge in [-0.15, -0.1) is 0 Å². The second kappa shape index (κ2) is 12.2. The normalized spacial score (nSPS) is 10.9. The van der Waals surface area contributed by atoms with Crippen LogP contribution in [-0.4, -0.2) is 36.6 Å². The van der Waals surface area contributed by atoms with Gasteiger partial charge in [0.2, 0.25) is 5.43 Å². The number of ether oxygens (including phenoxy) is 2. The van der Waals surface area contributed by atoms with E-state index in [1.54, 1.807) is 6.08 Å². The van der Waals surface area contributed by atoms with Gasteiger partial charge in [-0.05, 0) is 33.2 Å². The molecule has 1 heterocycles. The van der Waals surface area contributed by atoms with Crippen LogP contribution in [0, 0.1) is 5.92 Å². The molecule has 0 atom stereocenters. The highest BCUT2D eigenvalue weighted by atomic mass is 16.5. The Morgan fingerprint density at radius 2 is 1.69 bits per heavy atom. The molecule has 194 valence electrons. The van der Waals surface area contributed by atoms with Crippen molar-refractivity contribution in [1.29, 1.82) is 0 Å². The van der Waals surface area contributed by atoms with Gasteiger partial charge in [-0.25, -0.2) is 0 Å². The summed E-state index contributed by atoms with van der Waals surface area (Å²) in [6.07, 6.45) is 5.66. The quantitative estimate of drug-likeness (QED) is 0.321. The Labute approximate surface area is 210 Å². The molecule has 36 heavy (non-hydrogen) atoms. The Morgan fingerprint density at radius 3 is 2.25 bits per heavy atom. The van der Waals surface area contributed by atoms with Crippen LogP contribution in [0.2, 0.25) is 0 Å². The fourth-order valence-corrected chi connectivity index (χ4v) is 3.65. The van der Waals surface area contributed by atoms with Gasteiger partial charge in [0.25, 0.3) is 0 Å². The number of hydrogen-bond donors (Lipinski definition) is 4. The standard InChI is InChI=1S/C27H30O7.CH5N/c1-14(2)7-9-17-20(32-5)13-22-24(25(17)30)26(31)18(10-8-15(3)4)27(34-22)23-19(29)11-16(28)12-21(23)33-6;1-2/h7-9,11-14,28-30H,10H2,1-6H3;2H2,1H3/b9-7+;. The molecule has 0 fully saturated rings. The van der Waals surface area contributed by atoms with Crippen LogP contribution in [-0.2, 0) is 6.42 Å². The molecule has 0 saturated carbocycles. The smallest absolute Gasteiger partial charge is 0.200 e. The van der Waals surface area contributed by atoms with E-state index in [4.69, 9.17) is 13.9 Å². The van der Waals surface area contributed by atoms with E-state index in [9.17, 15) is 20.1 Å². The van der Waals surface area contributed by atoms with E-state index in [-0.39, 0.29) is 63.2 Å². The van der Waals surface area contributed by atoms with Crippen molar-refractivity contribution < 1.29 is 29.2 Å². The summed E-state index contributed by atoms with van der Waals surface area (Å²) in [6.45, 7) is 7.80. The van der Waals surface area contributed by atoms with Gasteiger partial charge in [0, 0.05) is 23.8 Å². The van der Waals surface area contributed by atoms with Crippen molar-refractivity contribution in [3.8, 4) is 40.1 Å². The lowest BCUT2D eigenvalue weighted by Gasteiger charge is -2.16. The first kappa shape index (κ1) is 28.3. The summed E-state index contributed by atoms with van der Waals surface area (Å²) in [5, 5.41) is 31.6. The van der Waals surface area contributed by atoms with Crippen molar-refractivity contribution in [2.24, 2.45) is 11.7 Å². The largest absolute Gasteiger partial charge is 0.508 e. The average molecular weight is 498 g/mol. The first-order chi connectivity index (χ1) is 17.1. The van der Waals surface area contributed by atoms with E-state index in [0.29, 0.717) is 11.3 Å². The lowest BCUT2D eigenvalue weighted by Crippen LogP contribution is -2.12. The van der Waals surface area contributed by atoms with Crippen molar-refractivity contribution >= 4 is 17.0 Å². The van der Waals surface area contributed by atoms with Crippen LogP contribution < -0.4 is 20.6 Å². The summed E-state index contributed by atoms with van der Waals surface area (Å²) in [5.41, 5.74) is 5.86. The molecule has 0 amide bonds. The van der Waals surface area contributed by atoms with E-state index in [1.807, 2.05) is 39.8 Å². The molecule has 3 rings (SSSR count). The Balaban J connectivity index is 0.00000222. The number of hydrogen-bond acceptors (Lipinski definition) is 8. The van der Waals surface area contributed by atoms with Gasteiger partial charge in [-0.2, -0.15) is 0 Å². The molecule has 0 aliphatic heterocycles. The molecule has 0 radical (unpaired) electrons. The molecule has 3 aromatic rings. The summed E-state index contributed by atoms with van der Waals surface area (Å²) >= 11 is 0. The Kier molecular flexibility index (Phi) is 9.58. The van der Waals surface area contributed by atoms with E-state index in [1.165, 1.54) is 33.4 Å². The highest BCUT2D eigenvalue weighted by Crippen LogP contribution is 2.44. The maximum absolute atomic E-state index is 13.7. The number of allylic oxidation sites excluding steroid dienone is 3. The van der Waals surface area contributed by atoms with Crippen molar-refractivity contribution in [3.63, 3.8) is 0 Å². The second-order valence-electron chi connectivity index (χ2n) is 8.58. The molecular weight excluding hydrogens is 462 g/mol. The van der Waals surface area contributed by atoms with Crippen molar-refractivity contribution in [3.05, 3.63) is 57.3 Å². The van der Waals surface area contributed by atoms with Gasteiger partial charge >= 0.3 is 0 Å². The van der Waals surface area contributed by atoms with Gasteiger partial charge < -0.3 is 34.9 Å². The topological polar surface area (TPSA) is 135 Å². The molecule has 0 unspecified atom stereocenters. The lowest BCUT2D eigenvalue weighted by atomic mass is 9.98. The third-order valence-corrected chi connectivity index (χ3v) is 5.35. The van der Waals surface area contributed by atoms with E-state index >= 15 is 0 Å². The molecule has 8 heteroatoms. The van der Waals surface area contributed by atoms with Gasteiger partial charge in [-0.1, -0.05) is 37.6 Å². The number of phenolic OH excluding ortho intramolecular Hbond substituents is 3. The van der Waals surface area contributed by atoms with Crippen LogP contribution in [0.5, 0.6) is 28.7 Å². The molecule has 0 aliphatic rings. The number of nitrogens with two attached hydrogens (primary N) is 1. The molecule has 0 bridgehead atoms. The molecule has 5 N–H and O–H groups in total. The minimum atomic E-state index is -0.442. The average Bonchev–Trinajstić information content (AvgIpc) is 2.82. The SMILES string of the molecule is CN.COc1cc2oc(-c3c(O)cc(O)cc3OC)c(CC=C(C)C)c(=O)c2c(O)c1/C=C/C(C)C. The highest BCUT2D eigenvalue weighted by Gasteiger charge is 2.25. The first-order valence-corrected chi connectivity index (χ1v) is 11.5. The first-order valence-electron chi connectivity index (χ1n) is 11.5. The van der Waals surface area contributed by atoms with Crippen molar-refractivity contribution in [2.75, 3.05) is 21.3 Å². The Bertz CT molecular complexity index is 1350. The zero-order chi connectivity index (χ0) is 27.2. The molecule has 2 aromatic carbocycles. The van der Waals surface area contributed by atoms with Crippen molar-refractivity contribution in [2.45, 2.75) is 34.1 Å². The monoisotopic (exact) mass is 497 g/mol. The molecule has 0 spiro atoms. The highest BCUT2D eigenvalue weighted by molar-refractivity contribution is 5.92. The molecule has 0 aliphatic carbocycles. The minimum Gasteiger partial charge on any atom is -0.508 e. The van der Waals surface area contributed by atoms with Crippen LogP contribution in [0.4, 0.5) is 0 Å². The van der Waals surface area contributed by atoms with Crippen LogP contribution >= 0.6 is 0 Å². The van der Waals surface area contributed by atoms with E-state index in [0.717, 1.165) is 11.6 Å². The van der Waals surface area contributed by atoms with E-state index < -0.39 is 5.43 Å². The lowest BCUT2D eigenvalue weighted by molar-refractivity contribution is 0.398. The Hall–Kier alpha value is -3.91. The fraction of sp³-hybridized carbons (Fsp3) is 0.321. The van der Waals surface area contributed by atoms with Gasteiger partial charge in [0.1, 0.15) is 51.0 Å². The zero-order valence-electron chi connectivity index (χ0n) is 21.8. The van der Waals surface area contributed by atoms with Gasteiger partial charge in [0.05, 0.1) is 19.8 Å². The molecular formula is C28H35NO7. The van der Waals surface area contributed by atoms with Gasteiger partial charge in [-0.3, -0.25) is 4.79 Å².